The third-order valence-electron chi connectivity index (χ3n) is 5.70. The van der Waals surface area contributed by atoms with Crippen LogP contribution in [0, 0.1) is 11.8 Å². The Labute approximate surface area is 258 Å². The molecule has 0 aromatic rings. The van der Waals surface area contributed by atoms with Gasteiger partial charge in [0, 0.05) is 96.3 Å². The molecule has 0 atom stereocenters. The van der Waals surface area contributed by atoms with Gasteiger partial charge in [-0.3, -0.25) is 38.4 Å². The quantitative estimate of drug-likeness (QED) is 0.0668. The van der Waals surface area contributed by atoms with Crippen molar-refractivity contribution < 1.29 is 38.4 Å². The van der Waals surface area contributed by atoms with Crippen LogP contribution in [0.15, 0.2) is 12.2 Å². The molecule has 248 valence electrons. The van der Waals surface area contributed by atoms with Crippen LogP contribution in [0.25, 0.3) is 0 Å². The molecule has 0 aromatic carbocycles. The van der Waals surface area contributed by atoms with E-state index < -0.39 is 5.91 Å². The molecule has 15 nitrogen and oxygen atoms in total. The molecule has 0 aliphatic rings. The van der Waals surface area contributed by atoms with E-state index in [-0.39, 0.29) is 125 Å². The van der Waals surface area contributed by atoms with Gasteiger partial charge in [0.15, 0.2) is 5.78 Å². The van der Waals surface area contributed by atoms with E-state index in [1.165, 1.54) is 6.08 Å². The lowest BCUT2D eigenvalue weighted by atomic mass is 10.1. The van der Waals surface area contributed by atoms with Gasteiger partial charge in [0.1, 0.15) is 0 Å². The van der Waals surface area contributed by atoms with Crippen LogP contribution < -0.4 is 37.2 Å². The van der Waals surface area contributed by atoms with Crippen molar-refractivity contribution in [3.63, 3.8) is 0 Å². The minimum Gasteiger partial charge on any atom is -0.356 e. The van der Waals surface area contributed by atoms with Crippen LogP contribution in [0.2, 0.25) is 0 Å². The number of amides is 7. The number of hydrogen-bond donors (Lipinski definition) is 7. The fourth-order valence-corrected chi connectivity index (χ4v) is 3.13. The van der Waals surface area contributed by atoms with Crippen molar-refractivity contribution in [2.75, 3.05) is 45.8 Å². The predicted molar refractivity (Wildman–Crippen MR) is 163 cm³/mol. The minimum absolute atomic E-state index is 0.00555. The molecule has 7 amide bonds. The van der Waals surface area contributed by atoms with Gasteiger partial charge in [-0.25, -0.2) is 0 Å². The summed E-state index contributed by atoms with van der Waals surface area (Å²) in [6.45, 7) is 8.65. The molecule has 0 rings (SSSR count). The van der Waals surface area contributed by atoms with E-state index in [2.05, 4.69) is 37.2 Å². The van der Waals surface area contributed by atoms with Crippen molar-refractivity contribution >= 4 is 47.1 Å². The van der Waals surface area contributed by atoms with E-state index in [1.54, 1.807) is 13.8 Å². The third-order valence-corrected chi connectivity index (χ3v) is 5.70. The zero-order valence-corrected chi connectivity index (χ0v) is 26.3. The summed E-state index contributed by atoms with van der Waals surface area (Å²) in [6, 6.07) is 0. The van der Waals surface area contributed by atoms with Gasteiger partial charge in [-0.15, -0.1) is 0 Å². The summed E-state index contributed by atoms with van der Waals surface area (Å²) < 4.78 is 0. The first kappa shape index (κ1) is 39.7. The molecule has 0 aliphatic heterocycles. The van der Waals surface area contributed by atoms with Gasteiger partial charge in [-0.2, -0.15) is 0 Å². The number of carbonyl (C=O) groups excluding carboxylic acids is 8. The largest absolute Gasteiger partial charge is 0.356 e. The SMILES string of the molecule is CC(C)CNC(=O)CCNC(=O)CCNC(=O)CCNC(=O)CCNC(=O)CCNC(=O)CCNC(=O)/C=C/C(=O)C(C)C. The van der Waals surface area contributed by atoms with Gasteiger partial charge in [-0.1, -0.05) is 27.7 Å². The van der Waals surface area contributed by atoms with E-state index in [9.17, 15) is 38.4 Å². The summed E-state index contributed by atoms with van der Waals surface area (Å²) in [5.41, 5.74) is 0. The summed E-state index contributed by atoms with van der Waals surface area (Å²) in [4.78, 5) is 94.0. The number of carbonyl (C=O) groups is 8. The standard InChI is InChI=1S/C29H49N7O8/c1-20(2)19-36-29(44)12-18-35-28(43)11-17-34-27(42)10-16-33-26(41)9-15-32-25(40)8-14-31-24(39)7-13-30-23(38)6-5-22(37)21(3)4/h5-6,20-21H,7-19H2,1-4H3,(H,30,38)(H,31,39)(H,32,40)(H,33,41)(H,34,42)(H,35,43)(H,36,44)/b6-5+. The van der Waals surface area contributed by atoms with Gasteiger partial charge in [-0.05, 0) is 12.0 Å². The fraction of sp³-hybridized carbons (Fsp3) is 0.655. The number of allylic oxidation sites excluding steroid dienone is 1. The smallest absolute Gasteiger partial charge is 0.244 e. The summed E-state index contributed by atoms with van der Waals surface area (Å²) in [6.07, 6.45) is 2.60. The van der Waals surface area contributed by atoms with Crippen molar-refractivity contribution in [1.29, 1.82) is 0 Å². The molecule has 0 saturated carbocycles. The Balaban J connectivity index is 3.79. The molecule has 0 spiro atoms. The highest BCUT2D eigenvalue weighted by Crippen LogP contribution is 1.95. The first-order valence-electron chi connectivity index (χ1n) is 14.9. The van der Waals surface area contributed by atoms with Crippen LogP contribution in [-0.4, -0.2) is 92.9 Å². The Hall–Kier alpha value is -4.30. The number of rotatable bonds is 23. The molecule has 0 aromatic heterocycles. The second-order valence-corrected chi connectivity index (χ2v) is 10.6. The van der Waals surface area contributed by atoms with Crippen molar-refractivity contribution in [3.05, 3.63) is 12.2 Å². The normalized spacial score (nSPS) is 10.7. The maximum atomic E-state index is 11.9. The minimum atomic E-state index is -0.479. The lowest BCUT2D eigenvalue weighted by Gasteiger charge is -2.09. The third kappa shape index (κ3) is 24.3. The number of nitrogens with one attached hydrogen (secondary N) is 7. The van der Waals surface area contributed by atoms with E-state index in [1.807, 2.05) is 13.8 Å². The molecule has 0 aliphatic carbocycles. The van der Waals surface area contributed by atoms with Gasteiger partial charge in [0.05, 0.1) is 0 Å². The lowest BCUT2D eigenvalue weighted by Crippen LogP contribution is -2.36. The van der Waals surface area contributed by atoms with Crippen LogP contribution in [0.1, 0.15) is 66.2 Å². The predicted octanol–water partition coefficient (Wildman–Crippen LogP) is -1.42. The second kappa shape index (κ2) is 24.2. The molecule has 44 heavy (non-hydrogen) atoms. The molecule has 0 bridgehead atoms. The van der Waals surface area contributed by atoms with Gasteiger partial charge >= 0.3 is 0 Å². The van der Waals surface area contributed by atoms with Gasteiger partial charge in [0.2, 0.25) is 41.4 Å². The molecular weight excluding hydrogens is 574 g/mol. The molecule has 0 radical (unpaired) electrons. The van der Waals surface area contributed by atoms with E-state index >= 15 is 0 Å². The maximum Gasteiger partial charge on any atom is 0.244 e. The molecule has 15 heteroatoms. The van der Waals surface area contributed by atoms with Crippen molar-refractivity contribution in [1.82, 2.24) is 37.2 Å². The first-order valence-corrected chi connectivity index (χ1v) is 14.9. The molecule has 7 N–H and O–H groups in total. The highest BCUT2D eigenvalue weighted by molar-refractivity contribution is 5.98. The maximum absolute atomic E-state index is 11.9. The lowest BCUT2D eigenvalue weighted by molar-refractivity contribution is -0.124. The first-order chi connectivity index (χ1) is 20.8. The average Bonchev–Trinajstić information content (AvgIpc) is 2.94. The van der Waals surface area contributed by atoms with Crippen molar-refractivity contribution in [3.8, 4) is 0 Å². The van der Waals surface area contributed by atoms with Crippen LogP contribution >= 0.6 is 0 Å². The Morgan fingerprint density at radius 2 is 0.727 bits per heavy atom. The van der Waals surface area contributed by atoms with Crippen LogP contribution in [0.3, 0.4) is 0 Å². The molecule has 0 heterocycles. The zero-order valence-electron chi connectivity index (χ0n) is 26.3. The molecule has 0 unspecified atom stereocenters. The number of ketones is 1. The summed E-state index contributed by atoms with van der Waals surface area (Å²) in [7, 11) is 0. The Morgan fingerprint density at radius 3 is 1.02 bits per heavy atom. The topological polar surface area (TPSA) is 221 Å². The fourth-order valence-electron chi connectivity index (χ4n) is 3.13. The van der Waals surface area contributed by atoms with Gasteiger partial charge in [0.25, 0.3) is 0 Å². The highest BCUT2D eigenvalue weighted by Gasteiger charge is 2.09. The number of hydrogen-bond acceptors (Lipinski definition) is 8. The van der Waals surface area contributed by atoms with E-state index in [0.29, 0.717) is 12.5 Å². The van der Waals surface area contributed by atoms with Crippen molar-refractivity contribution in [2.45, 2.75) is 66.2 Å². The van der Waals surface area contributed by atoms with Crippen LogP contribution in [0.5, 0.6) is 0 Å². The summed E-state index contributed by atoms with van der Waals surface area (Å²) in [5, 5.41) is 18.1. The molecular formula is C29H49N7O8. The Kier molecular flexibility index (Phi) is 21.8. The van der Waals surface area contributed by atoms with Gasteiger partial charge < -0.3 is 37.2 Å². The summed E-state index contributed by atoms with van der Waals surface area (Å²) in [5.74, 6) is -2.34. The van der Waals surface area contributed by atoms with E-state index in [4.69, 9.17) is 0 Å². The zero-order chi connectivity index (χ0) is 33.3. The monoisotopic (exact) mass is 623 g/mol. The Morgan fingerprint density at radius 1 is 0.432 bits per heavy atom. The Bertz CT molecular complexity index is 1010. The van der Waals surface area contributed by atoms with Crippen LogP contribution in [-0.2, 0) is 38.4 Å². The molecule has 0 saturated heterocycles. The van der Waals surface area contributed by atoms with Crippen molar-refractivity contribution in [2.24, 2.45) is 11.8 Å². The highest BCUT2D eigenvalue weighted by atomic mass is 16.2. The summed E-state index contributed by atoms with van der Waals surface area (Å²) >= 11 is 0. The van der Waals surface area contributed by atoms with Crippen LogP contribution in [0.4, 0.5) is 0 Å². The second-order valence-electron chi connectivity index (χ2n) is 10.6. The molecule has 0 fully saturated rings. The van der Waals surface area contributed by atoms with E-state index in [0.717, 1.165) is 6.08 Å². The average molecular weight is 624 g/mol.